The van der Waals surface area contributed by atoms with Crippen molar-refractivity contribution in [1.82, 2.24) is 9.88 Å². The lowest BCUT2D eigenvalue weighted by atomic mass is 10.2. The van der Waals surface area contributed by atoms with Crippen molar-refractivity contribution in [1.29, 1.82) is 0 Å². The van der Waals surface area contributed by atoms with Crippen molar-refractivity contribution >= 4 is 33.8 Å². The number of nitrogens with one attached hydrogen (secondary N) is 1. The van der Waals surface area contributed by atoms with E-state index in [-0.39, 0.29) is 5.91 Å². The Morgan fingerprint density at radius 1 is 1.09 bits per heavy atom. The highest BCUT2D eigenvalue weighted by atomic mass is 32.1. The third-order valence-corrected chi connectivity index (χ3v) is 6.34. The molecular weight excluding hydrogens is 424 g/mol. The molecule has 4 rings (SSSR count). The van der Waals surface area contributed by atoms with E-state index in [0.717, 1.165) is 43.3 Å². The predicted molar refractivity (Wildman–Crippen MR) is 129 cm³/mol. The molecule has 0 bridgehead atoms. The zero-order chi connectivity index (χ0) is 22.5. The molecule has 1 aliphatic heterocycles. The summed E-state index contributed by atoms with van der Waals surface area (Å²) in [6.45, 7) is 5.24. The highest BCUT2D eigenvalue weighted by Crippen LogP contribution is 2.32. The third-order valence-electron chi connectivity index (χ3n) is 5.53. The second kappa shape index (κ2) is 9.91. The highest BCUT2D eigenvalue weighted by Gasteiger charge is 2.22. The summed E-state index contributed by atoms with van der Waals surface area (Å²) in [5.74, 6) is 1.54. The largest absolute Gasteiger partial charge is 0.497 e. The van der Waals surface area contributed by atoms with E-state index in [1.807, 2.05) is 28.5 Å². The number of aryl methyl sites for hydroxylation is 1. The summed E-state index contributed by atoms with van der Waals surface area (Å²) in [5, 5.41) is 5.91. The fourth-order valence-electron chi connectivity index (χ4n) is 3.78. The molecule has 0 saturated carbocycles. The standard InChI is InChI=1S/C24H28N4O3S/c1-17-5-4-6-19(13-17)27-9-11-28(12-10-27)23(29)14-18-16-32-24(25-18)26-21-15-20(30-2)7-8-22(21)31-3/h4-8,13,15-16H,9-12,14H2,1-3H3,(H,25,26). The molecule has 2 heterocycles. The summed E-state index contributed by atoms with van der Waals surface area (Å²) in [4.78, 5) is 21.7. The number of hydrogen-bond acceptors (Lipinski definition) is 7. The number of rotatable bonds is 7. The molecule has 0 radical (unpaired) electrons. The number of anilines is 3. The SMILES string of the molecule is COc1ccc(OC)c(Nc2nc(CC(=O)N3CCN(c4cccc(C)c4)CC3)cs2)c1. The topological polar surface area (TPSA) is 66.9 Å². The molecule has 1 aromatic heterocycles. The minimum absolute atomic E-state index is 0.115. The van der Waals surface area contributed by atoms with Gasteiger partial charge in [0, 0.05) is 43.3 Å². The summed E-state index contributed by atoms with van der Waals surface area (Å²) >= 11 is 1.47. The smallest absolute Gasteiger partial charge is 0.228 e. The highest BCUT2D eigenvalue weighted by molar-refractivity contribution is 7.13. The Balaban J connectivity index is 1.33. The number of benzene rings is 2. The van der Waals surface area contributed by atoms with Gasteiger partial charge >= 0.3 is 0 Å². The van der Waals surface area contributed by atoms with Gasteiger partial charge in [-0.1, -0.05) is 12.1 Å². The minimum atomic E-state index is 0.115. The van der Waals surface area contributed by atoms with Crippen LogP contribution in [0.25, 0.3) is 0 Å². The zero-order valence-corrected chi connectivity index (χ0v) is 19.4. The number of carbonyl (C=O) groups excluding carboxylic acids is 1. The fourth-order valence-corrected chi connectivity index (χ4v) is 4.50. The lowest BCUT2D eigenvalue weighted by molar-refractivity contribution is -0.130. The van der Waals surface area contributed by atoms with Crippen LogP contribution in [0.2, 0.25) is 0 Å². The Hall–Kier alpha value is -3.26. The predicted octanol–water partition coefficient (Wildman–Crippen LogP) is 4.10. The maximum Gasteiger partial charge on any atom is 0.228 e. The Bertz CT molecular complexity index is 1080. The summed E-state index contributed by atoms with van der Waals surface area (Å²) < 4.78 is 10.7. The number of aromatic nitrogens is 1. The van der Waals surface area contributed by atoms with Crippen LogP contribution in [0.3, 0.4) is 0 Å². The monoisotopic (exact) mass is 452 g/mol. The molecule has 1 aliphatic rings. The van der Waals surface area contributed by atoms with E-state index in [2.05, 4.69) is 46.4 Å². The number of nitrogens with zero attached hydrogens (tertiary/aromatic N) is 3. The average molecular weight is 453 g/mol. The van der Waals surface area contributed by atoms with E-state index >= 15 is 0 Å². The number of thiazole rings is 1. The van der Waals surface area contributed by atoms with Gasteiger partial charge in [-0.05, 0) is 36.8 Å². The van der Waals surface area contributed by atoms with E-state index in [0.29, 0.717) is 17.3 Å². The normalized spacial score (nSPS) is 13.7. The molecule has 0 unspecified atom stereocenters. The lowest BCUT2D eigenvalue weighted by Gasteiger charge is -2.36. The quantitative estimate of drug-likeness (QED) is 0.582. The molecule has 1 amide bonds. The molecule has 1 fully saturated rings. The molecule has 1 N–H and O–H groups in total. The van der Waals surface area contributed by atoms with Crippen molar-refractivity contribution < 1.29 is 14.3 Å². The first kappa shape index (κ1) is 22.0. The van der Waals surface area contributed by atoms with Crippen LogP contribution in [-0.2, 0) is 11.2 Å². The Labute approximate surface area is 192 Å². The van der Waals surface area contributed by atoms with Gasteiger partial charge in [0.25, 0.3) is 0 Å². The van der Waals surface area contributed by atoms with Gasteiger partial charge in [0.15, 0.2) is 5.13 Å². The van der Waals surface area contributed by atoms with Crippen molar-refractivity contribution in [2.75, 3.05) is 50.6 Å². The second-order valence-electron chi connectivity index (χ2n) is 7.72. The fraction of sp³-hybridized carbons (Fsp3) is 0.333. The van der Waals surface area contributed by atoms with Crippen LogP contribution in [0, 0.1) is 6.92 Å². The van der Waals surface area contributed by atoms with Crippen LogP contribution in [-0.4, -0.2) is 56.2 Å². The van der Waals surface area contributed by atoms with Gasteiger partial charge in [-0.3, -0.25) is 4.79 Å². The van der Waals surface area contributed by atoms with E-state index in [4.69, 9.17) is 9.47 Å². The van der Waals surface area contributed by atoms with Gasteiger partial charge in [0.2, 0.25) is 5.91 Å². The van der Waals surface area contributed by atoms with Crippen LogP contribution >= 0.6 is 11.3 Å². The lowest BCUT2D eigenvalue weighted by Crippen LogP contribution is -2.49. The van der Waals surface area contributed by atoms with Gasteiger partial charge in [-0.15, -0.1) is 11.3 Å². The van der Waals surface area contributed by atoms with Crippen LogP contribution in [0.15, 0.2) is 47.8 Å². The average Bonchev–Trinajstić information content (AvgIpc) is 3.25. The first-order valence-corrected chi connectivity index (χ1v) is 11.5. The first-order valence-electron chi connectivity index (χ1n) is 10.6. The van der Waals surface area contributed by atoms with E-state index in [9.17, 15) is 4.79 Å². The van der Waals surface area contributed by atoms with Crippen LogP contribution in [0.4, 0.5) is 16.5 Å². The summed E-state index contributed by atoms with van der Waals surface area (Å²) in [6, 6.07) is 14.1. The Morgan fingerprint density at radius 2 is 1.91 bits per heavy atom. The van der Waals surface area contributed by atoms with Crippen LogP contribution < -0.4 is 19.7 Å². The maximum atomic E-state index is 12.8. The third kappa shape index (κ3) is 5.13. The van der Waals surface area contributed by atoms with Crippen molar-refractivity contribution in [3.05, 3.63) is 59.1 Å². The van der Waals surface area contributed by atoms with Gasteiger partial charge in [-0.25, -0.2) is 4.98 Å². The number of methoxy groups -OCH3 is 2. The van der Waals surface area contributed by atoms with E-state index in [1.54, 1.807) is 14.2 Å². The Kier molecular flexibility index (Phi) is 6.80. The number of piperazine rings is 1. The molecule has 168 valence electrons. The van der Waals surface area contributed by atoms with Crippen molar-refractivity contribution in [3.8, 4) is 11.5 Å². The van der Waals surface area contributed by atoms with Crippen LogP contribution in [0.5, 0.6) is 11.5 Å². The minimum Gasteiger partial charge on any atom is -0.497 e. The number of hydrogen-bond donors (Lipinski definition) is 1. The van der Waals surface area contributed by atoms with Gasteiger partial charge in [0.1, 0.15) is 11.5 Å². The summed E-state index contributed by atoms with van der Waals surface area (Å²) in [6.07, 6.45) is 0.303. The van der Waals surface area contributed by atoms with Crippen LogP contribution in [0.1, 0.15) is 11.3 Å². The summed E-state index contributed by atoms with van der Waals surface area (Å²) in [5.41, 5.74) is 4.01. The maximum absolute atomic E-state index is 12.8. The molecule has 3 aromatic rings. The van der Waals surface area contributed by atoms with Gasteiger partial charge in [-0.2, -0.15) is 0 Å². The molecular formula is C24H28N4O3S. The molecule has 0 aliphatic carbocycles. The van der Waals surface area contributed by atoms with E-state index in [1.165, 1.54) is 22.6 Å². The number of carbonyl (C=O) groups is 1. The molecule has 0 atom stereocenters. The molecule has 2 aromatic carbocycles. The van der Waals surface area contributed by atoms with E-state index < -0.39 is 0 Å². The van der Waals surface area contributed by atoms with Gasteiger partial charge in [0.05, 0.1) is 32.0 Å². The molecule has 32 heavy (non-hydrogen) atoms. The summed E-state index contributed by atoms with van der Waals surface area (Å²) in [7, 11) is 3.25. The van der Waals surface area contributed by atoms with Crippen molar-refractivity contribution in [2.45, 2.75) is 13.3 Å². The molecule has 8 heteroatoms. The van der Waals surface area contributed by atoms with Crippen molar-refractivity contribution in [3.63, 3.8) is 0 Å². The van der Waals surface area contributed by atoms with Gasteiger partial charge < -0.3 is 24.6 Å². The molecule has 1 saturated heterocycles. The van der Waals surface area contributed by atoms with Crippen molar-refractivity contribution in [2.24, 2.45) is 0 Å². The molecule has 7 nitrogen and oxygen atoms in total. The second-order valence-corrected chi connectivity index (χ2v) is 8.58. The number of amides is 1. The molecule has 0 spiro atoms. The number of ether oxygens (including phenoxy) is 2. The first-order chi connectivity index (χ1) is 15.6. The zero-order valence-electron chi connectivity index (χ0n) is 18.6. The Morgan fingerprint density at radius 3 is 2.62 bits per heavy atom.